The van der Waals surface area contributed by atoms with Gasteiger partial charge in [-0.05, 0) is 49.9 Å². The van der Waals surface area contributed by atoms with E-state index in [0.717, 1.165) is 37.4 Å². The van der Waals surface area contributed by atoms with Gasteiger partial charge >= 0.3 is 0 Å². The average molecular weight is 391 g/mol. The number of aryl methyl sites for hydroxylation is 1. The van der Waals surface area contributed by atoms with E-state index in [2.05, 4.69) is 40.1 Å². The fourth-order valence-electron chi connectivity index (χ4n) is 3.71. The normalized spacial score (nSPS) is 14.9. The number of hydrogen-bond donors (Lipinski definition) is 1. The molecule has 0 aliphatic carbocycles. The van der Waals surface area contributed by atoms with Gasteiger partial charge in [0.05, 0.1) is 17.2 Å². The number of nitrogens with zero attached hydrogens (tertiary/aromatic N) is 4. The second-order valence-corrected chi connectivity index (χ2v) is 7.53. The molecule has 0 spiro atoms. The van der Waals surface area contributed by atoms with E-state index < -0.39 is 0 Å². The van der Waals surface area contributed by atoms with Crippen molar-refractivity contribution < 1.29 is 4.79 Å². The van der Waals surface area contributed by atoms with Crippen LogP contribution in [0.25, 0.3) is 10.9 Å². The van der Waals surface area contributed by atoms with Crippen molar-refractivity contribution in [3.63, 3.8) is 0 Å². The van der Waals surface area contributed by atoms with E-state index in [9.17, 15) is 9.59 Å². The van der Waals surface area contributed by atoms with E-state index in [-0.39, 0.29) is 18.0 Å². The summed E-state index contributed by atoms with van der Waals surface area (Å²) in [6, 6.07) is 13.1. The summed E-state index contributed by atoms with van der Waals surface area (Å²) in [7, 11) is 2.14. The van der Waals surface area contributed by atoms with Gasteiger partial charge in [-0.15, -0.1) is 0 Å². The molecule has 0 unspecified atom stereocenters. The summed E-state index contributed by atoms with van der Waals surface area (Å²) < 4.78 is 1.34. The molecule has 2 aromatic carbocycles. The Morgan fingerprint density at radius 1 is 1.10 bits per heavy atom. The highest BCUT2D eigenvalue weighted by Crippen LogP contribution is 2.24. The number of hydrogen-bond acceptors (Lipinski definition) is 5. The number of amides is 1. The summed E-state index contributed by atoms with van der Waals surface area (Å²) in [6.45, 7) is 6.08. The van der Waals surface area contributed by atoms with Crippen molar-refractivity contribution in [3.8, 4) is 0 Å². The standard InChI is InChI=1S/C22H25N5O2/c1-16-13-17(7-8-20(16)26-11-9-25(2)10-12-26)24-21(28)14-27-15-23-19-6-4-3-5-18(19)22(27)29/h3-8,13,15H,9-12,14H2,1-2H3,(H,24,28). The molecule has 0 atom stereocenters. The van der Waals surface area contributed by atoms with Crippen LogP contribution in [0.3, 0.4) is 0 Å². The monoisotopic (exact) mass is 391 g/mol. The molecule has 0 bridgehead atoms. The molecule has 150 valence electrons. The number of carbonyl (C=O) groups is 1. The Morgan fingerprint density at radius 2 is 1.86 bits per heavy atom. The number of fused-ring (bicyclic) bond motifs is 1. The Hall–Kier alpha value is -3.19. The highest BCUT2D eigenvalue weighted by molar-refractivity contribution is 5.91. The Morgan fingerprint density at radius 3 is 2.62 bits per heavy atom. The lowest BCUT2D eigenvalue weighted by atomic mass is 10.1. The summed E-state index contributed by atoms with van der Waals surface area (Å²) in [5.74, 6) is -0.254. The second kappa shape index (κ2) is 8.05. The van der Waals surface area contributed by atoms with Gasteiger partial charge in [0.1, 0.15) is 6.54 Å². The minimum Gasteiger partial charge on any atom is -0.369 e. The van der Waals surface area contributed by atoms with Crippen LogP contribution in [-0.2, 0) is 11.3 Å². The maximum Gasteiger partial charge on any atom is 0.261 e. The lowest BCUT2D eigenvalue weighted by Gasteiger charge is -2.35. The van der Waals surface area contributed by atoms with Crippen molar-refractivity contribution in [1.29, 1.82) is 0 Å². The number of benzene rings is 2. The number of para-hydroxylation sites is 1. The largest absolute Gasteiger partial charge is 0.369 e. The van der Waals surface area contributed by atoms with Crippen molar-refractivity contribution >= 4 is 28.2 Å². The van der Waals surface area contributed by atoms with Crippen LogP contribution >= 0.6 is 0 Å². The van der Waals surface area contributed by atoms with Crippen molar-refractivity contribution in [3.05, 3.63) is 64.7 Å². The number of carbonyl (C=O) groups excluding carboxylic acids is 1. The molecule has 1 fully saturated rings. The topological polar surface area (TPSA) is 70.5 Å². The molecule has 0 radical (unpaired) electrons. The van der Waals surface area contributed by atoms with Crippen LogP contribution in [0.15, 0.2) is 53.6 Å². The van der Waals surface area contributed by atoms with Gasteiger partial charge in [0.25, 0.3) is 5.56 Å². The zero-order valence-electron chi connectivity index (χ0n) is 16.8. The second-order valence-electron chi connectivity index (χ2n) is 7.53. The molecular weight excluding hydrogens is 366 g/mol. The van der Waals surface area contributed by atoms with Crippen molar-refractivity contribution in [2.24, 2.45) is 0 Å². The Balaban J connectivity index is 1.45. The third-order valence-electron chi connectivity index (χ3n) is 5.37. The Kier molecular flexibility index (Phi) is 5.31. The maximum absolute atomic E-state index is 12.5. The first-order chi connectivity index (χ1) is 14.0. The average Bonchev–Trinajstić information content (AvgIpc) is 2.71. The molecule has 1 N–H and O–H groups in total. The summed E-state index contributed by atoms with van der Waals surface area (Å²) in [5.41, 5.74) is 3.46. The molecule has 0 saturated carbocycles. The molecule has 1 aromatic heterocycles. The van der Waals surface area contributed by atoms with Crippen LogP contribution in [0.2, 0.25) is 0 Å². The lowest BCUT2D eigenvalue weighted by molar-refractivity contribution is -0.116. The van der Waals surface area contributed by atoms with Gasteiger partial charge in [-0.25, -0.2) is 4.98 Å². The highest BCUT2D eigenvalue weighted by atomic mass is 16.2. The van der Waals surface area contributed by atoms with Crippen LogP contribution in [0.5, 0.6) is 0 Å². The first-order valence-corrected chi connectivity index (χ1v) is 9.79. The van der Waals surface area contributed by atoms with E-state index in [1.165, 1.54) is 16.6 Å². The van der Waals surface area contributed by atoms with Gasteiger partial charge in [-0.2, -0.15) is 0 Å². The van der Waals surface area contributed by atoms with E-state index in [1.54, 1.807) is 18.2 Å². The van der Waals surface area contributed by atoms with Crippen LogP contribution in [-0.4, -0.2) is 53.6 Å². The van der Waals surface area contributed by atoms with Gasteiger partial charge < -0.3 is 15.1 Å². The predicted octanol–water partition coefficient (Wildman–Crippen LogP) is 2.10. The maximum atomic E-state index is 12.5. The molecule has 2 heterocycles. The highest BCUT2D eigenvalue weighted by Gasteiger charge is 2.16. The first kappa shape index (κ1) is 19.1. The third kappa shape index (κ3) is 4.14. The number of piperazine rings is 1. The Bertz CT molecular complexity index is 1100. The van der Waals surface area contributed by atoms with Gasteiger partial charge in [-0.1, -0.05) is 12.1 Å². The van der Waals surface area contributed by atoms with Gasteiger partial charge in [0.2, 0.25) is 5.91 Å². The molecule has 1 amide bonds. The minimum atomic E-state index is -0.254. The third-order valence-corrected chi connectivity index (χ3v) is 5.37. The zero-order chi connectivity index (χ0) is 20.4. The Labute approximate surface area is 169 Å². The molecule has 7 nitrogen and oxygen atoms in total. The van der Waals surface area contributed by atoms with Crippen LogP contribution < -0.4 is 15.8 Å². The van der Waals surface area contributed by atoms with Crippen LogP contribution in [0.4, 0.5) is 11.4 Å². The molecule has 29 heavy (non-hydrogen) atoms. The molecule has 3 aromatic rings. The summed E-state index contributed by atoms with van der Waals surface area (Å²) in [6.07, 6.45) is 1.42. The molecule has 4 rings (SSSR count). The molecule has 1 saturated heterocycles. The van der Waals surface area contributed by atoms with E-state index in [4.69, 9.17) is 0 Å². The summed E-state index contributed by atoms with van der Waals surface area (Å²) in [5, 5.41) is 3.40. The van der Waals surface area contributed by atoms with Crippen LogP contribution in [0.1, 0.15) is 5.56 Å². The number of rotatable bonds is 4. The quantitative estimate of drug-likeness (QED) is 0.738. The number of anilines is 2. The fourth-order valence-corrected chi connectivity index (χ4v) is 3.71. The van der Waals surface area contributed by atoms with Crippen molar-refractivity contribution in [1.82, 2.24) is 14.5 Å². The molecular formula is C22H25N5O2. The van der Waals surface area contributed by atoms with E-state index >= 15 is 0 Å². The number of aromatic nitrogens is 2. The van der Waals surface area contributed by atoms with E-state index in [1.807, 2.05) is 18.2 Å². The van der Waals surface area contributed by atoms with Gasteiger partial charge in [0, 0.05) is 37.6 Å². The molecule has 1 aliphatic heterocycles. The SMILES string of the molecule is Cc1cc(NC(=O)Cn2cnc3ccccc3c2=O)ccc1N1CCN(C)CC1. The van der Waals surface area contributed by atoms with Crippen LogP contribution in [0, 0.1) is 6.92 Å². The summed E-state index contributed by atoms with van der Waals surface area (Å²) in [4.78, 5) is 34.0. The lowest BCUT2D eigenvalue weighted by Crippen LogP contribution is -2.44. The fraction of sp³-hybridized carbons (Fsp3) is 0.318. The van der Waals surface area contributed by atoms with Crippen molar-refractivity contribution in [2.75, 3.05) is 43.4 Å². The van der Waals surface area contributed by atoms with Gasteiger partial charge in [0.15, 0.2) is 0 Å². The molecule has 7 heteroatoms. The zero-order valence-corrected chi connectivity index (χ0v) is 16.8. The number of likely N-dealkylation sites (N-methyl/N-ethyl adjacent to an activating group) is 1. The first-order valence-electron chi connectivity index (χ1n) is 9.79. The smallest absolute Gasteiger partial charge is 0.261 e. The minimum absolute atomic E-state index is 0.0735. The van der Waals surface area contributed by atoms with Gasteiger partial charge in [-0.3, -0.25) is 14.2 Å². The van der Waals surface area contributed by atoms with E-state index in [0.29, 0.717) is 10.9 Å². The predicted molar refractivity (Wildman–Crippen MR) is 116 cm³/mol. The molecule has 1 aliphatic rings. The number of nitrogens with one attached hydrogen (secondary N) is 1. The summed E-state index contributed by atoms with van der Waals surface area (Å²) >= 11 is 0. The van der Waals surface area contributed by atoms with Crippen molar-refractivity contribution in [2.45, 2.75) is 13.5 Å².